The molecule has 0 atom stereocenters. The summed E-state index contributed by atoms with van der Waals surface area (Å²) in [7, 11) is 0. The Kier molecular flexibility index (Phi) is 7.08. The smallest absolute Gasteiger partial charge is 0.236 e. The van der Waals surface area contributed by atoms with E-state index < -0.39 is 0 Å². The second kappa shape index (κ2) is 9.05. The van der Waals surface area contributed by atoms with E-state index in [1.165, 1.54) is 18.0 Å². The van der Waals surface area contributed by atoms with Gasteiger partial charge in [-0.1, -0.05) is 11.8 Å². The number of halogens is 2. The number of carbonyl (C=O) groups is 1. The highest BCUT2D eigenvalue weighted by Crippen LogP contribution is 2.42. The average Bonchev–Trinajstić information content (AvgIpc) is 2.97. The van der Waals surface area contributed by atoms with Crippen molar-refractivity contribution in [1.82, 2.24) is 5.32 Å². The number of hydrogen-bond acceptors (Lipinski definition) is 7. The molecule has 0 spiro atoms. The normalized spacial score (nSPS) is 15.6. The highest BCUT2D eigenvalue weighted by molar-refractivity contribution is 9.13. The number of rotatable bonds is 6. The zero-order valence-electron chi connectivity index (χ0n) is 12.5. The van der Waals surface area contributed by atoms with Crippen LogP contribution >= 0.6 is 43.6 Å². The molecule has 1 aromatic rings. The van der Waals surface area contributed by atoms with Crippen molar-refractivity contribution in [2.45, 2.75) is 6.92 Å². The lowest BCUT2D eigenvalue weighted by Crippen LogP contribution is -2.19. The molecule has 0 bridgehead atoms. The van der Waals surface area contributed by atoms with Gasteiger partial charge >= 0.3 is 0 Å². The summed E-state index contributed by atoms with van der Waals surface area (Å²) in [6.07, 6.45) is 1.53. The van der Waals surface area contributed by atoms with Crippen molar-refractivity contribution < 1.29 is 14.3 Å². The maximum absolute atomic E-state index is 11.1. The van der Waals surface area contributed by atoms with Gasteiger partial charge < -0.3 is 14.8 Å². The second-order valence-corrected chi connectivity index (χ2v) is 6.84. The number of nitrogens with zero attached hydrogens (tertiary/aromatic N) is 3. The lowest BCUT2D eigenvalue weighted by Gasteiger charge is -2.14. The first kappa shape index (κ1) is 18.8. The van der Waals surface area contributed by atoms with Crippen LogP contribution in [-0.4, -0.2) is 36.3 Å². The third kappa shape index (κ3) is 4.72. The zero-order chi connectivity index (χ0) is 17.5. The molecule has 1 heterocycles. The third-order valence-electron chi connectivity index (χ3n) is 2.67. The predicted molar refractivity (Wildman–Crippen MR) is 99.7 cm³/mol. The molecule has 0 aliphatic carbocycles. The molecule has 2 rings (SSSR count). The van der Waals surface area contributed by atoms with Crippen molar-refractivity contribution in [1.29, 1.82) is 5.26 Å². The van der Waals surface area contributed by atoms with Gasteiger partial charge in [0.05, 0.1) is 23.0 Å². The average molecular weight is 476 g/mol. The quantitative estimate of drug-likeness (QED) is 0.503. The second-order valence-electron chi connectivity index (χ2n) is 4.29. The molecule has 7 nitrogen and oxygen atoms in total. The highest BCUT2D eigenvalue weighted by Gasteiger charge is 2.18. The number of hydrogen-bond donors (Lipinski definition) is 1. The van der Waals surface area contributed by atoms with Crippen molar-refractivity contribution in [3.63, 3.8) is 0 Å². The van der Waals surface area contributed by atoms with Gasteiger partial charge in [0.15, 0.2) is 23.3 Å². The van der Waals surface area contributed by atoms with Gasteiger partial charge in [0.1, 0.15) is 6.07 Å². The van der Waals surface area contributed by atoms with Crippen molar-refractivity contribution in [3.05, 3.63) is 20.6 Å². The predicted octanol–water partition coefficient (Wildman–Crippen LogP) is 3.07. The molecule has 24 heavy (non-hydrogen) atoms. The molecule has 1 amide bonds. The zero-order valence-corrected chi connectivity index (χ0v) is 16.5. The van der Waals surface area contributed by atoms with E-state index in [0.717, 1.165) is 0 Å². The lowest BCUT2D eigenvalue weighted by atomic mass is 10.2. The summed E-state index contributed by atoms with van der Waals surface area (Å²) < 4.78 is 12.3. The number of nitrogens with one attached hydrogen (secondary N) is 1. The monoisotopic (exact) mass is 474 g/mol. The van der Waals surface area contributed by atoms with E-state index in [1.54, 1.807) is 6.07 Å². The number of ether oxygens (including phenoxy) is 2. The van der Waals surface area contributed by atoms with Crippen LogP contribution in [-0.2, 0) is 4.79 Å². The van der Waals surface area contributed by atoms with E-state index in [4.69, 9.17) is 14.7 Å². The Balaban J connectivity index is 2.29. The molecule has 0 radical (unpaired) electrons. The number of amidine groups is 1. The molecule has 10 heteroatoms. The molecule has 1 fully saturated rings. The molecule has 0 unspecified atom stereocenters. The molecule has 1 aliphatic rings. The van der Waals surface area contributed by atoms with Gasteiger partial charge in [-0.05, 0) is 44.8 Å². The first-order valence-electron chi connectivity index (χ1n) is 6.75. The van der Waals surface area contributed by atoms with E-state index in [9.17, 15) is 4.79 Å². The van der Waals surface area contributed by atoms with Crippen LogP contribution in [0.4, 0.5) is 0 Å². The summed E-state index contributed by atoms with van der Waals surface area (Å²) in [5.41, 5.74) is 0.702. The fourth-order valence-corrected chi connectivity index (χ4v) is 3.29. The van der Waals surface area contributed by atoms with Crippen molar-refractivity contribution >= 4 is 60.9 Å². The summed E-state index contributed by atoms with van der Waals surface area (Å²) >= 11 is 8.17. The Bertz CT molecular complexity index is 747. The van der Waals surface area contributed by atoms with Crippen LogP contribution in [0.1, 0.15) is 12.5 Å². The third-order valence-corrected chi connectivity index (χ3v) is 5.68. The molecule has 1 aliphatic heterocycles. The van der Waals surface area contributed by atoms with Gasteiger partial charge in [-0.25, -0.2) is 0 Å². The van der Waals surface area contributed by atoms with E-state index in [-0.39, 0.29) is 12.5 Å². The fourth-order valence-electron chi connectivity index (χ4n) is 1.72. The molecular formula is C14H12Br2N4O3S. The maximum atomic E-state index is 11.1. The van der Waals surface area contributed by atoms with Gasteiger partial charge in [-0.15, -0.1) is 5.10 Å². The van der Waals surface area contributed by atoms with Gasteiger partial charge in [0.25, 0.3) is 0 Å². The summed E-state index contributed by atoms with van der Waals surface area (Å²) in [6, 6.07) is 3.65. The molecule has 0 saturated carbocycles. The van der Waals surface area contributed by atoms with Crippen LogP contribution in [0.15, 0.2) is 25.2 Å². The topological polar surface area (TPSA) is 96.1 Å². The Hall–Kier alpha value is -1.57. The minimum atomic E-state index is -0.0941. The largest absolute Gasteiger partial charge is 0.490 e. The van der Waals surface area contributed by atoms with Crippen LogP contribution < -0.4 is 14.8 Å². The van der Waals surface area contributed by atoms with E-state index >= 15 is 0 Å². The fraction of sp³-hybridized carbons (Fsp3) is 0.286. The summed E-state index contributed by atoms with van der Waals surface area (Å²) in [5.74, 6) is 1.19. The molecule has 0 aromatic heterocycles. The highest BCUT2D eigenvalue weighted by atomic mass is 79.9. The summed E-state index contributed by atoms with van der Waals surface area (Å²) in [4.78, 5) is 11.1. The van der Waals surface area contributed by atoms with Crippen LogP contribution in [0, 0.1) is 11.3 Å². The Morgan fingerprint density at radius 2 is 2.25 bits per heavy atom. The first-order valence-corrected chi connectivity index (χ1v) is 9.32. The first-order chi connectivity index (χ1) is 11.6. The number of benzene rings is 1. The Labute approximate surface area is 159 Å². The number of thioether (sulfide) groups is 1. The number of nitriles is 1. The maximum Gasteiger partial charge on any atom is 0.236 e. The Morgan fingerprint density at radius 1 is 1.46 bits per heavy atom. The summed E-state index contributed by atoms with van der Waals surface area (Å²) in [6.45, 7) is 2.20. The number of carbonyl (C=O) groups excluding carboxylic acids is 1. The Morgan fingerprint density at radius 3 is 2.88 bits per heavy atom. The van der Waals surface area contributed by atoms with Crippen molar-refractivity contribution in [3.8, 4) is 17.6 Å². The SMILES string of the molecule is CCOc1cc(C=NN=C2NC(=O)CS2)c(Br)c(Br)c1OCC#N. The molecule has 1 N–H and O–H groups in total. The minimum Gasteiger partial charge on any atom is -0.490 e. The van der Waals surface area contributed by atoms with Gasteiger partial charge in [-0.2, -0.15) is 10.4 Å². The minimum absolute atomic E-state index is 0.0875. The standard InChI is InChI=1S/C14H12Br2N4O3S/c1-2-22-9-5-8(6-18-20-14-19-10(21)7-24-14)11(15)12(16)13(9)23-4-3-17/h5-6H,2,4,7H2,1H3,(H,19,20,21). The molecule has 126 valence electrons. The van der Waals surface area contributed by atoms with Crippen LogP contribution in [0.2, 0.25) is 0 Å². The van der Waals surface area contributed by atoms with Gasteiger partial charge in [0, 0.05) is 10.0 Å². The van der Waals surface area contributed by atoms with E-state index in [0.29, 0.717) is 43.5 Å². The molecule has 1 saturated heterocycles. The van der Waals surface area contributed by atoms with Gasteiger partial charge in [0.2, 0.25) is 5.91 Å². The van der Waals surface area contributed by atoms with Crippen molar-refractivity contribution in [2.24, 2.45) is 10.2 Å². The van der Waals surface area contributed by atoms with Gasteiger partial charge in [-0.3, -0.25) is 4.79 Å². The van der Waals surface area contributed by atoms with E-state index in [2.05, 4.69) is 47.4 Å². The molecule has 1 aromatic carbocycles. The lowest BCUT2D eigenvalue weighted by molar-refractivity contribution is -0.116. The number of amides is 1. The van der Waals surface area contributed by atoms with Crippen LogP contribution in [0.25, 0.3) is 0 Å². The molecular weight excluding hydrogens is 464 g/mol. The van der Waals surface area contributed by atoms with Crippen molar-refractivity contribution in [2.75, 3.05) is 19.0 Å². The summed E-state index contributed by atoms with van der Waals surface area (Å²) in [5, 5.41) is 19.7. The van der Waals surface area contributed by atoms with E-state index in [1.807, 2.05) is 13.0 Å². The van der Waals surface area contributed by atoms with Crippen LogP contribution in [0.5, 0.6) is 11.5 Å². The van der Waals surface area contributed by atoms with Crippen LogP contribution in [0.3, 0.4) is 0 Å².